The van der Waals surface area contributed by atoms with Gasteiger partial charge in [-0.25, -0.2) is 0 Å². The van der Waals surface area contributed by atoms with Crippen LogP contribution in [0.3, 0.4) is 0 Å². The Kier molecular flexibility index (Phi) is 6.79. The Morgan fingerprint density at radius 2 is 1.78 bits per heavy atom. The summed E-state index contributed by atoms with van der Waals surface area (Å²) in [5.41, 5.74) is 9.00. The van der Waals surface area contributed by atoms with Gasteiger partial charge in [0.2, 0.25) is 0 Å². The van der Waals surface area contributed by atoms with E-state index in [4.69, 9.17) is 4.74 Å². The molecule has 2 heteroatoms. The van der Waals surface area contributed by atoms with E-state index in [9.17, 15) is 4.79 Å². The van der Waals surface area contributed by atoms with E-state index in [2.05, 4.69) is 57.2 Å². The van der Waals surface area contributed by atoms with Gasteiger partial charge in [0.05, 0.1) is 7.11 Å². The largest absolute Gasteiger partial charge is 0.497 e. The zero-order valence-corrected chi connectivity index (χ0v) is 19.8. The standard InChI is InChI=1S/C30H34O2/c1-5-20-15-25(16-21(6-2)27(20)7-3)28-18-24(23-13-10-14-26(17-23)32-4)19-29(28)30(31)22-11-8-9-12-22/h8-11,13-17,19,28-29H,5-7,12,18H2,1-4H3. The molecule has 0 amide bonds. The van der Waals surface area contributed by atoms with Gasteiger partial charge in [-0.2, -0.15) is 0 Å². The van der Waals surface area contributed by atoms with Gasteiger partial charge in [-0.15, -0.1) is 0 Å². The van der Waals surface area contributed by atoms with Crippen molar-refractivity contribution in [3.63, 3.8) is 0 Å². The van der Waals surface area contributed by atoms with E-state index in [0.29, 0.717) is 0 Å². The Hall–Kier alpha value is -2.87. The molecular weight excluding hydrogens is 392 g/mol. The molecule has 2 aromatic rings. The van der Waals surface area contributed by atoms with Crippen molar-refractivity contribution in [1.82, 2.24) is 0 Å². The second kappa shape index (κ2) is 9.73. The molecular formula is C30H34O2. The predicted octanol–water partition coefficient (Wildman–Crippen LogP) is 7.02. The van der Waals surface area contributed by atoms with Crippen molar-refractivity contribution in [1.29, 1.82) is 0 Å². The number of Topliss-reactive ketones (excluding diaryl/α,β-unsaturated/α-hetero) is 1. The Morgan fingerprint density at radius 3 is 2.38 bits per heavy atom. The molecule has 0 bridgehead atoms. The third-order valence-electron chi connectivity index (χ3n) is 7.09. The second-order valence-corrected chi connectivity index (χ2v) is 8.83. The first-order valence-corrected chi connectivity index (χ1v) is 12.0. The molecule has 0 saturated heterocycles. The molecule has 32 heavy (non-hydrogen) atoms. The third-order valence-corrected chi connectivity index (χ3v) is 7.09. The van der Waals surface area contributed by atoms with Crippen LogP contribution in [0.1, 0.15) is 67.3 Å². The maximum atomic E-state index is 13.6. The fourth-order valence-corrected chi connectivity index (χ4v) is 5.35. The summed E-state index contributed by atoms with van der Waals surface area (Å²) in [4.78, 5) is 13.6. The number of aryl methyl sites for hydroxylation is 2. The highest BCUT2D eigenvalue weighted by atomic mass is 16.5. The summed E-state index contributed by atoms with van der Waals surface area (Å²) in [7, 11) is 1.70. The van der Waals surface area contributed by atoms with E-state index in [0.717, 1.165) is 49.0 Å². The SMILES string of the molecule is CCc1cc(C2CC(c3cccc(OC)c3)=CC2C(=O)C2=CC=CC2)cc(CC)c1CC. The summed E-state index contributed by atoms with van der Waals surface area (Å²) in [5.74, 6) is 1.18. The fraction of sp³-hybridized carbons (Fsp3) is 0.367. The molecule has 4 rings (SSSR count). The molecule has 0 aromatic heterocycles. The first-order valence-electron chi connectivity index (χ1n) is 12.0. The maximum absolute atomic E-state index is 13.6. The van der Waals surface area contributed by atoms with Crippen molar-refractivity contribution < 1.29 is 9.53 Å². The summed E-state index contributed by atoms with van der Waals surface area (Å²) < 4.78 is 5.46. The lowest BCUT2D eigenvalue weighted by Gasteiger charge is -2.23. The van der Waals surface area contributed by atoms with Crippen LogP contribution in [0.5, 0.6) is 5.75 Å². The second-order valence-electron chi connectivity index (χ2n) is 8.83. The smallest absolute Gasteiger partial charge is 0.166 e. The van der Waals surface area contributed by atoms with Gasteiger partial charge < -0.3 is 4.74 Å². The monoisotopic (exact) mass is 426 g/mol. The predicted molar refractivity (Wildman–Crippen MR) is 133 cm³/mol. The average molecular weight is 427 g/mol. The summed E-state index contributed by atoms with van der Waals surface area (Å²) in [6.07, 6.45) is 13.0. The molecule has 2 atom stereocenters. The molecule has 0 heterocycles. The normalized spacial score (nSPS) is 19.8. The molecule has 166 valence electrons. The van der Waals surface area contributed by atoms with Gasteiger partial charge >= 0.3 is 0 Å². The number of carbonyl (C=O) groups is 1. The first-order chi connectivity index (χ1) is 15.6. The fourth-order valence-electron chi connectivity index (χ4n) is 5.35. The van der Waals surface area contributed by atoms with E-state index in [1.807, 2.05) is 24.3 Å². The van der Waals surface area contributed by atoms with Crippen LogP contribution in [0.4, 0.5) is 0 Å². The van der Waals surface area contributed by atoms with Crippen LogP contribution in [0.25, 0.3) is 5.57 Å². The summed E-state index contributed by atoms with van der Waals surface area (Å²) in [6.45, 7) is 6.73. The van der Waals surface area contributed by atoms with Gasteiger partial charge in [-0.3, -0.25) is 4.79 Å². The zero-order chi connectivity index (χ0) is 22.7. The van der Waals surface area contributed by atoms with Crippen molar-refractivity contribution in [2.24, 2.45) is 5.92 Å². The Morgan fingerprint density at radius 1 is 1.03 bits per heavy atom. The van der Waals surface area contributed by atoms with Gasteiger partial charge in [0.15, 0.2) is 5.78 Å². The van der Waals surface area contributed by atoms with E-state index >= 15 is 0 Å². The molecule has 2 aromatic carbocycles. The van der Waals surface area contributed by atoms with Crippen LogP contribution in [-0.2, 0) is 24.1 Å². The Bertz CT molecular complexity index is 1070. The Labute approximate surface area is 192 Å². The minimum absolute atomic E-state index is 0.121. The van der Waals surface area contributed by atoms with E-state index in [1.54, 1.807) is 7.11 Å². The van der Waals surface area contributed by atoms with E-state index in [1.165, 1.54) is 27.8 Å². The highest BCUT2D eigenvalue weighted by Gasteiger charge is 2.36. The van der Waals surface area contributed by atoms with Crippen LogP contribution in [-0.4, -0.2) is 12.9 Å². The lowest BCUT2D eigenvalue weighted by molar-refractivity contribution is -0.118. The number of benzene rings is 2. The number of ketones is 1. The molecule has 0 radical (unpaired) electrons. The van der Waals surface area contributed by atoms with Gasteiger partial charge in [-0.1, -0.05) is 69.3 Å². The number of carbonyl (C=O) groups excluding carboxylic acids is 1. The van der Waals surface area contributed by atoms with E-state index < -0.39 is 0 Å². The molecule has 0 aliphatic heterocycles. The lowest BCUT2D eigenvalue weighted by atomic mass is 9.80. The van der Waals surface area contributed by atoms with Gasteiger partial charge in [-0.05, 0) is 83.2 Å². The number of hydrogen-bond acceptors (Lipinski definition) is 2. The Balaban J connectivity index is 1.77. The topological polar surface area (TPSA) is 26.3 Å². The molecule has 0 saturated carbocycles. The van der Waals surface area contributed by atoms with Crippen LogP contribution in [0.15, 0.2) is 66.3 Å². The quantitative estimate of drug-likeness (QED) is 0.453. The summed E-state index contributed by atoms with van der Waals surface area (Å²) >= 11 is 0. The van der Waals surface area contributed by atoms with Crippen molar-refractivity contribution in [2.75, 3.05) is 7.11 Å². The zero-order valence-electron chi connectivity index (χ0n) is 19.8. The number of rotatable bonds is 8. The van der Waals surface area contributed by atoms with Crippen LogP contribution >= 0.6 is 0 Å². The van der Waals surface area contributed by atoms with Crippen molar-refractivity contribution in [3.8, 4) is 5.75 Å². The first kappa shape index (κ1) is 22.3. The molecule has 2 aliphatic carbocycles. The van der Waals surface area contributed by atoms with Crippen molar-refractivity contribution in [3.05, 3.63) is 94.1 Å². The number of hydrogen-bond donors (Lipinski definition) is 0. The van der Waals surface area contributed by atoms with Crippen molar-refractivity contribution in [2.45, 2.75) is 58.8 Å². The third kappa shape index (κ3) is 4.24. The van der Waals surface area contributed by atoms with E-state index in [-0.39, 0.29) is 17.6 Å². The molecule has 2 nitrogen and oxygen atoms in total. The minimum Gasteiger partial charge on any atom is -0.497 e. The highest BCUT2D eigenvalue weighted by molar-refractivity contribution is 6.01. The van der Waals surface area contributed by atoms with Crippen molar-refractivity contribution >= 4 is 11.4 Å². The molecule has 2 unspecified atom stereocenters. The highest BCUT2D eigenvalue weighted by Crippen LogP contribution is 2.45. The van der Waals surface area contributed by atoms with Gasteiger partial charge in [0.25, 0.3) is 0 Å². The summed E-state index contributed by atoms with van der Waals surface area (Å²) in [6, 6.07) is 13.0. The summed E-state index contributed by atoms with van der Waals surface area (Å²) in [5, 5.41) is 0. The molecule has 0 spiro atoms. The number of allylic oxidation sites excluding steroid dienone is 6. The molecule has 0 N–H and O–H groups in total. The number of ether oxygens (including phenoxy) is 1. The minimum atomic E-state index is -0.121. The van der Waals surface area contributed by atoms with Crippen LogP contribution < -0.4 is 4.74 Å². The molecule has 2 aliphatic rings. The van der Waals surface area contributed by atoms with Crippen LogP contribution in [0.2, 0.25) is 0 Å². The maximum Gasteiger partial charge on any atom is 0.166 e. The van der Waals surface area contributed by atoms with Gasteiger partial charge in [0.1, 0.15) is 5.75 Å². The molecule has 0 fully saturated rings. The lowest BCUT2D eigenvalue weighted by Crippen LogP contribution is -2.19. The average Bonchev–Trinajstić information content (AvgIpc) is 3.53. The van der Waals surface area contributed by atoms with Crippen LogP contribution in [0, 0.1) is 5.92 Å². The van der Waals surface area contributed by atoms with Gasteiger partial charge in [0, 0.05) is 11.8 Å². The number of methoxy groups -OCH3 is 1.